The number of rotatable bonds is 4. The molecule has 10 heteroatoms. The second-order valence-electron chi connectivity index (χ2n) is 4.11. The van der Waals surface area contributed by atoms with E-state index >= 15 is 0 Å². The average Bonchev–Trinajstić information content (AvgIpc) is 2.36. The van der Waals surface area contributed by atoms with Crippen molar-refractivity contribution in [3.05, 3.63) is 29.8 Å². The summed E-state index contributed by atoms with van der Waals surface area (Å²) in [5.74, 6) is -1.81. The Hall–Kier alpha value is -1.28. The fraction of sp³-hybridized carbons (Fsp3) is 0.250. The predicted molar refractivity (Wildman–Crippen MR) is 88.0 cm³/mol. The van der Waals surface area contributed by atoms with Crippen LogP contribution in [0, 0.1) is 0 Å². The van der Waals surface area contributed by atoms with Crippen molar-refractivity contribution >= 4 is 69.7 Å². The monoisotopic (exact) mass is 382 g/mol. The van der Waals surface area contributed by atoms with Gasteiger partial charge < -0.3 is 25.9 Å². The van der Waals surface area contributed by atoms with Crippen LogP contribution < -0.4 is 21.1 Å². The van der Waals surface area contributed by atoms with E-state index in [1.165, 1.54) is 25.1 Å². The minimum atomic E-state index is -1.87. The van der Waals surface area contributed by atoms with Gasteiger partial charge in [0.25, 0.3) is 0 Å². The van der Waals surface area contributed by atoms with Crippen LogP contribution in [0.5, 0.6) is 0 Å². The van der Waals surface area contributed by atoms with E-state index in [1.807, 2.05) is 0 Å². The molecule has 0 aliphatic heterocycles. The minimum Gasteiger partial charge on any atom is -0.545 e. The number of nitrogens with one attached hydrogen (secondary N) is 3. The molecule has 0 saturated carbocycles. The second-order valence-corrected chi connectivity index (χ2v) is 6.88. The zero-order chi connectivity index (χ0) is 16.9. The van der Waals surface area contributed by atoms with Gasteiger partial charge in [0.2, 0.25) is 9.70 Å². The predicted octanol–water partition coefficient (Wildman–Crippen LogP) is 1.17. The van der Waals surface area contributed by atoms with Crippen molar-refractivity contribution in [1.82, 2.24) is 10.6 Å². The van der Waals surface area contributed by atoms with Gasteiger partial charge in [0.1, 0.15) is 6.17 Å². The molecule has 6 nitrogen and oxygen atoms in total. The van der Waals surface area contributed by atoms with E-state index in [-0.39, 0.29) is 16.4 Å². The lowest BCUT2D eigenvalue weighted by atomic mass is 10.2. The Morgan fingerprint density at radius 2 is 1.82 bits per heavy atom. The number of amides is 1. The number of benzene rings is 1. The molecule has 0 bridgehead atoms. The summed E-state index contributed by atoms with van der Waals surface area (Å²) in [6, 6.07) is 5.98. The smallest absolute Gasteiger partial charge is 0.228 e. The summed E-state index contributed by atoms with van der Waals surface area (Å²) >= 11 is 22.2. The molecule has 0 heterocycles. The molecule has 22 heavy (non-hydrogen) atoms. The summed E-state index contributed by atoms with van der Waals surface area (Å²) in [5, 5.41) is 18.5. The molecule has 1 amide bonds. The van der Waals surface area contributed by atoms with Crippen LogP contribution in [0.25, 0.3) is 0 Å². The molecule has 0 fully saturated rings. The first-order valence-corrected chi connectivity index (χ1v) is 7.37. The number of carbonyl (C=O) groups excluding carboxylic acids is 2. The van der Waals surface area contributed by atoms with Crippen molar-refractivity contribution in [3.8, 4) is 0 Å². The number of alkyl halides is 3. The number of para-hydroxylation sites is 1. The Morgan fingerprint density at radius 3 is 2.32 bits per heavy atom. The van der Waals surface area contributed by atoms with Crippen LogP contribution in [0.2, 0.25) is 0 Å². The molecule has 0 saturated heterocycles. The van der Waals surface area contributed by atoms with Gasteiger partial charge in [0.15, 0.2) is 5.11 Å². The Labute approximate surface area is 147 Å². The summed E-state index contributed by atoms with van der Waals surface area (Å²) in [5.41, 5.74) is 0.113. The van der Waals surface area contributed by atoms with Crippen LogP contribution in [0.4, 0.5) is 5.69 Å². The molecule has 1 atom stereocenters. The SMILES string of the molecule is CC(=O)N[C@H](NC(=S)Nc1ccccc1C(=O)[O-])C(Cl)(Cl)Cl. The van der Waals surface area contributed by atoms with Crippen molar-refractivity contribution in [2.45, 2.75) is 16.9 Å². The molecule has 1 aromatic carbocycles. The number of aromatic carboxylic acids is 1. The molecule has 0 aliphatic rings. The van der Waals surface area contributed by atoms with Crippen molar-refractivity contribution in [1.29, 1.82) is 0 Å². The minimum absolute atomic E-state index is 0.0428. The number of hydrogen-bond donors (Lipinski definition) is 3. The third-order valence-corrected chi connectivity index (χ3v) is 3.22. The van der Waals surface area contributed by atoms with E-state index in [0.717, 1.165) is 0 Å². The first kappa shape index (κ1) is 18.8. The van der Waals surface area contributed by atoms with Gasteiger partial charge >= 0.3 is 0 Å². The van der Waals surface area contributed by atoms with Gasteiger partial charge in [-0.2, -0.15) is 0 Å². The lowest BCUT2D eigenvalue weighted by molar-refractivity contribution is -0.254. The number of hydrogen-bond acceptors (Lipinski definition) is 4. The zero-order valence-electron chi connectivity index (χ0n) is 11.2. The zero-order valence-corrected chi connectivity index (χ0v) is 14.2. The van der Waals surface area contributed by atoms with Crippen LogP contribution in [-0.2, 0) is 4.79 Å². The summed E-state index contributed by atoms with van der Waals surface area (Å²) < 4.78 is -1.87. The molecule has 0 radical (unpaired) electrons. The van der Waals surface area contributed by atoms with Crippen LogP contribution >= 0.6 is 47.0 Å². The number of carboxylic acids is 1. The highest BCUT2D eigenvalue weighted by Gasteiger charge is 2.34. The maximum atomic E-state index is 11.1. The molecule has 0 aromatic heterocycles. The standard InChI is InChI=1S/C12H12Cl3N3O3S/c1-6(19)16-10(12(13,14)15)18-11(22)17-8-5-3-2-4-7(8)9(20)21/h2-5,10H,1H3,(H,16,19)(H,20,21)(H2,17,18,22)/p-1/t10-/m1/s1. The number of carboxylic acid groups (broad SMARTS) is 1. The normalized spacial score (nSPS) is 12.2. The maximum absolute atomic E-state index is 11.1. The van der Waals surface area contributed by atoms with Crippen LogP contribution in [0.3, 0.4) is 0 Å². The Kier molecular flexibility index (Phi) is 6.67. The van der Waals surface area contributed by atoms with Gasteiger partial charge in [-0.1, -0.05) is 53.0 Å². The van der Waals surface area contributed by atoms with Crippen molar-refractivity contribution in [3.63, 3.8) is 0 Å². The lowest BCUT2D eigenvalue weighted by Crippen LogP contribution is -2.55. The first-order valence-electron chi connectivity index (χ1n) is 5.83. The van der Waals surface area contributed by atoms with Gasteiger partial charge in [-0.15, -0.1) is 0 Å². The van der Waals surface area contributed by atoms with E-state index in [0.29, 0.717) is 0 Å². The number of anilines is 1. The van der Waals surface area contributed by atoms with Crippen LogP contribution in [-0.4, -0.2) is 26.9 Å². The number of halogens is 3. The van der Waals surface area contributed by atoms with Gasteiger partial charge in [-0.25, -0.2) is 0 Å². The Balaban J connectivity index is 2.84. The van der Waals surface area contributed by atoms with E-state index in [2.05, 4.69) is 16.0 Å². The molecular weight excluding hydrogens is 373 g/mol. The van der Waals surface area contributed by atoms with Gasteiger partial charge in [-0.3, -0.25) is 4.79 Å². The lowest BCUT2D eigenvalue weighted by Gasteiger charge is -2.27. The fourth-order valence-electron chi connectivity index (χ4n) is 1.46. The first-order chi connectivity index (χ1) is 10.1. The Morgan fingerprint density at radius 1 is 1.23 bits per heavy atom. The maximum Gasteiger partial charge on any atom is 0.228 e. The molecule has 0 unspecified atom stereocenters. The second kappa shape index (κ2) is 7.82. The number of thiocarbonyl (C=S) groups is 1. The van der Waals surface area contributed by atoms with E-state index in [9.17, 15) is 14.7 Å². The summed E-state index contributed by atoms with van der Waals surface area (Å²) in [6.45, 7) is 1.24. The third-order valence-electron chi connectivity index (χ3n) is 2.35. The average molecular weight is 384 g/mol. The third kappa shape index (κ3) is 5.84. The van der Waals surface area contributed by atoms with E-state index in [4.69, 9.17) is 47.0 Å². The highest BCUT2D eigenvalue weighted by Crippen LogP contribution is 2.29. The topological polar surface area (TPSA) is 93.3 Å². The van der Waals surface area contributed by atoms with Gasteiger partial charge in [-0.05, 0) is 18.3 Å². The molecule has 0 aliphatic carbocycles. The van der Waals surface area contributed by atoms with E-state index in [1.54, 1.807) is 6.07 Å². The summed E-state index contributed by atoms with van der Waals surface area (Å²) in [7, 11) is 0. The van der Waals surface area contributed by atoms with Crippen molar-refractivity contribution in [2.24, 2.45) is 0 Å². The quantitative estimate of drug-likeness (QED) is 0.410. The summed E-state index contributed by atoms with van der Waals surface area (Å²) in [4.78, 5) is 22.1. The highest BCUT2D eigenvalue weighted by molar-refractivity contribution is 7.80. The molecule has 1 rings (SSSR count). The Bertz CT molecular complexity index is 592. The molecule has 3 N–H and O–H groups in total. The van der Waals surface area contributed by atoms with Crippen LogP contribution in [0.15, 0.2) is 24.3 Å². The highest BCUT2D eigenvalue weighted by atomic mass is 35.6. The van der Waals surface area contributed by atoms with E-state index < -0.39 is 21.8 Å². The summed E-state index contributed by atoms with van der Waals surface area (Å²) in [6.07, 6.45) is -1.11. The van der Waals surface area contributed by atoms with Crippen molar-refractivity contribution in [2.75, 3.05) is 5.32 Å². The fourth-order valence-corrected chi connectivity index (χ4v) is 2.02. The molecule has 120 valence electrons. The number of carbonyl (C=O) groups is 2. The van der Waals surface area contributed by atoms with Gasteiger partial charge in [0, 0.05) is 18.2 Å². The largest absolute Gasteiger partial charge is 0.545 e. The van der Waals surface area contributed by atoms with Crippen molar-refractivity contribution < 1.29 is 14.7 Å². The van der Waals surface area contributed by atoms with Gasteiger partial charge in [0.05, 0.1) is 5.97 Å². The molecular formula is C12H11Cl3N3O3S-. The molecule has 1 aromatic rings. The molecule has 0 spiro atoms. The van der Waals surface area contributed by atoms with Crippen LogP contribution in [0.1, 0.15) is 17.3 Å².